The molecule has 0 atom stereocenters. The van der Waals surface area contributed by atoms with E-state index in [-0.39, 0.29) is 24.4 Å². The van der Waals surface area contributed by atoms with E-state index in [4.69, 9.17) is 4.74 Å². The minimum absolute atomic E-state index is 0.0198. The molecule has 2 amide bonds. The summed E-state index contributed by atoms with van der Waals surface area (Å²) in [4.78, 5) is 13.4. The summed E-state index contributed by atoms with van der Waals surface area (Å²) in [5.74, 6) is 1.25. The summed E-state index contributed by atoms with van der Waals surface area (Å²) in [6, 6.07) is 7.91. The molecule has 1 saturated carbocycles. The molecule has 0 aliphatic heterocycles. The first-order chi connectivity index (χ1) is 10.8. The Labute approximate surface area is 137 Å². The minimum atomic E-state index is -3.06. The van der Waals surface area contributed by atoms with Crippen LogP contribution in [0.3, 0.4) is 0 Å². The molecule has 0 bridgehead atoms. The van der Waals surface area contributed by atoms with E-state index >= 15 is 0 Å². The lowest BCUT2D eigenvalue weighted by atomic mass is 9.76. The lowest BCUT2D eigenvalue weighted by molar-refractivity contribution is 0.194. The molecule has 1 aliphatic rings. The molecule has 128 valence electrons. The van der Waals surface area contributed by atoms with Gasteiger partial charge < -0.3 is 15.0 Å². The number of methoxy groups -OCH3 is 1. The van der Waals surface area contributed by atoms with Gasteiger partial charge in [-0.05, 0) is 36.5 Å². The lowest BCUT2D eigenvalue weighted by Crippen LogP contribution is -2.49. The largest absolute Gasteiger partial charge is 0.497 e. The second-order valence-electron chi connectivity index (χ2n) is 6.14. The molecule has 1 aliphatic carbocycles. The van der Waals surface area contributed by atoms with Crippen molar-refractivity contribution in [2.45, 2.75) is 24.8 Å². The van der Waals surface area contributed by atoms with E-state index in [1.54, 1.807) is 14.2 Å². The van der Waals surface area contributed by atoms with Gasteiger partial charge in [0.05, 0.1) is 12.9 Å². The number of nitrogens with one attached hydrogen (secondary N) is 1. The van der Waals surface area contributed by atoms with Crippen LogP contribution in [0.2, 0.25) is 0 Å². The van der Waals surface area contributed by atoms with E-state index in [1.165, 1.54) is 16.7 Å². The van der Waals surface area contributed by atoms with Crippen molar-refractivity contribution in [3.8, 4) is 5.75 Å². The minimum Gasteiger partial charge on any atom is -0.497 e. The van der Waals surface area contributed by atoms with Crippen molar-refractivity contribution in [2.75, 3.05) is 32.7 Å². The highest BCUT2D eigenvalue weighted by molar-refractivity contribution is 7.90. The van der Waals surface area contributed by atoms with Crippen LogP contribution in [0, 0.1) is 0 Å². The number of amides is 2. The Bertz CT molecular complexity index is 654. The number of rotatable bonds is 6. The van der Waals surface area contributed by atoms with Crippen molar-refractivity contribution in [3.05, 3.63) is 29.8 Å². The summed E-state index contributed by atoms with van der Waals surface area (Å²) < 4.78 is 27.5. The van der Waals surface area contributed by atoms with Crippen LogP contribution in [0.1, 0.15) is 24.3 Å². The second-order valence-corrected chi connectivity index (χ2v) is 8.40. The molecular weight excluding hydrogens is 316 g/mol. The second kappa shape index (κ2) is 7.21. The number of nitrogens with zero attached hydrogens (tertiary/aromatic N) is 1. The monoisotopic (exact) mass is 340 g/mol. The predicted octanol–water partition coefficient (Wildman–Crippen LogP) is 1.63. The standard InChI is InChI=1S/C16H24N2O4S/c1-18(7-8-23(3,20)21)16(19)17-14-9-13(10-14)12-5-4-6-15(11-12)22-2/h4-6,11,13-14H,7-10H2,1-3H3,(H,17,19). The van der Waals surface area contributed by atoms with Crippen molar-refractivity contribution >= 4 is 15.9 Å². The highest BCUT2D eigenvalue weighted by Gasteiger charge is 2.32. The van der Waals surface area contributed by atoms with Crippen LogP contribution in [0.15, 0.2) is 24.3 Å². The quantitative estimate of drug-likeness (QED) is 0.854. The fraction of sp³-hybridized carbons (Fsp3) is 0.562. The number of carbonyl (C=O) groups excluding carboxylic acids is 1. The maximum atomic E-state index is 12.0. The number of benzene rings is 1. The lowest BCUT2D eigenvalue weighted by Gasteiger charge is -2.37. The smallest absolute Gasteiger partial charge is 0.317 e. The fourth-order valence-electron chi connectivity index (χ4n) is 2.59. The van der Waals surface area contributed by atoms with E-state index in [0.29, 0.717) is 5.92 Å². The molecule has 1 N–H and O–H groups in total. The van der Waals surface area contributed by atoms with Crippen molar-refractivity contribution in [1.29, 1.82) is 0 Å². The zero-order valence-corrected chi connectivity index (χ0v) is 14.6. The molecule has 0 aromatic heterocycles. The van der Waals surface area contributed by atoms with Gasteiger partial charge in [-0.25, -0.2) is 13.2 Å². The Morgan fingerprint density at radius 3 is 2.70 bits per heavy atom. The van der Waals surface area contributed by atoms with E-state index in [9.17, 15) is 13.2 Å². The van der Waals surface area contributed by atoms with Crippen LogP contribution in [0.25, 0.3) is 0 Å². The van der Waals surface area contributed by atoms with E-state index in [0.717, 1.165) is 18.6 Å². The summed E-state index contributed by atoms with van der Waals surface area (Å²) in [7, 11) is 0.200. The Morgan fingerprint density at radius 1 is 1.39 bits per heavy atom. The molecule has 1 aromatic rings. The first kappa shape index (κ1) is 17.6. The van der Waals surface area contributed by atoms with Crippen LogP contribution in [0.5, 0.6) is 5.75 Å². The number of carbonyl (C=O) groups is 1. The topological polar surface area (TPSA) is 75.7 Å². The first-order valence-electron chi connectivity index (χ1n) is 7.62. The highest BCUT2D eigenvalue weighted by atomic mass is 32.2. The number of ether oxygens (including phenoxy) is 1. The molecule has 0 unspecified atom stereocenters. The van der Waals surface area contributed by atoms with Gasteiger partial charge in [-0.3, -0.25) is 0 Å². The zero-order valence-electron chi connectivity index (χ0n) is 13.8. The van der Waals surface area contributed by atoms with Gasteiger partial charge in [0.1, 0.15) is 15.6 Å². The van der Waals surface area contributed by atoms with Gasteiger partial charge in [0, 0.05) is 25.9 Å². The Balaban J connectivity index is 1.77. The maximum Gasteiger partial charge on any atom is 0.317 e. The van der Waals surface area contributed by atoms with Crippen LogP contribution in [0.4, 0.5) is 4.79 Å². The summed E-state index contributed by atoms with van der Waals surface area (Å²) in [6.45, 7) is 0.205. The maximum absolute atomic E-state index is 12.0. The summed E-state index contributed by atoms with van der Waals surface area (Å²) in [5, 5.41) is 2.94. The van der Waals surface area contributed by atoms with Crippen molar-refractivity contribution in [2.24, 2.45) is 0 Å². The molecule has 2 rings (SSSR count). The third-order valence-electron chi connectivity index (χ3n) is 4.18. The highest BCUT2D eigenvalue weighted by Crippen LogP contribution is 2.37. The van der Waals surface area contributed by atoms with Gasteiger partial charge in [0.15, 0.2) is 0 Å². The number of hydrogen-bond acceptors (Lipinski definition) is 4. The molecular formula is C16H24N2O4S. The van der Waals surface area contributed by atoms with Crippen LogP contribution >= 0.6 is 0 Å². The van der Waals surface area contributed by atoms with Gasteiger partial charge in [-0.1, -0.05) is 12.1 Å². The zero-order chi connectivity index (χ0) is 17.0. The Kier molecular flexibility index (Phi) is 5.51. The average molecular weight is 340 g/mol. The molecule has 23 heavy (non-hydrogen) atoms. The van der Waals surface area contributed by atoms with Crippen molar-refractivity contribution in [3.63, 3.8) is 0 Å². The third kappa shape index (κ3) is 5.13. The van der Waals surface area contributed by atoms with Gasteiger partial charge in [-0.15, -0.1) is 0 Å². The normalized spacial score (nSPS) is 20.5. The van der Waals surface area contributed by atoms with Crippen LogP contribution in [-0.2, 0) is 9.84 Å². The number of sulfone groups is 1. The van der Waals surface area contributed by atoms with Crippen LogP contribution < -0.4 is 10.1 Å². The van der Waals surface area contributed by atoms with Gasteiger partial charge in [-0.2, -0.15) is 0 Å². The summed E-state index contributed by atoms with van der Waals surface area (Å²) in [5.41, 5.74) is 1.22. The molecule has 7 heteroatoms. The molecule has 0 saturated heterocycles. The Morgan fingerprint density at radius 2 is 2.09 bits per heavy atom. The Hall–Kier alpha value is -1.76. The number of hydrogen-bond donors (Lipinski definition) is 1. The average Bonchev–Trinajstić information content (AvgIpc) is 2.47. The fourth-order valence-corrected chi connectivity index (χ4v) is 3.20. The van der Waals surface area contributed by atoms with Gasteiger partial charge >= 0.3 is 6.03 Å². The summed E-state index contributed by atoms with van der Waals surface area (Å²) >= 11 is 0. The molecule has 1 fully saturated rings. The molecule has 1 aromatic carbocycles. The van der Waals surface area contributed by atoms with Crippen LogP contribution in [-0.4, -0.2) is 58.1 Å². The van der Waals surface area contributed by atoms with E-state index < -0.39 is 9.84 Å². The SMILES string of the molecule is COc1cccc(C2CC(NC(=O)N(C)CCS(C)(=O)=O)C2)c1. The molecule has 6 nitrogen and oxygen atoms in total. The summed E-state index contributed by atoms with van der Waals surface area (Å²) in [6.07, 6.45) is 2.95. The first-order valence-corrected chi connectivity index (χ1v) is 9.68. The molecule has 0 spiro atoms. The third-order valence-corrected chi connectivity index (χ3v) is 5.10. The molecule has 0 heterocycles. The van der Waals surface area contributed by atoms with Crippen molar-refractivity contribution in [1.82, 2.24) is 10.2 Å². The predicted molar refractivity (Wildman–Crippen MR) is 89.6 cm³/mol. The van der Waals surface area contributed by atoms with E-state index in [2.05, 4.69) is 11.4 Å². The van der Waals surface area contributed by atoms with E-state index in [1.807, 2.05) is 18.2 Å². The van der Waals surface area contributed by atoms with Gasteiger partial charge in [0.25, 0.3) is 0 Å². The van der Waals surface area contributed by atoms with Crippen molar-refractivity contribution < 1.29 is 17.9 Å². The van der Waals surface area contributed by atoms with Gasteiger partial charge in [0.2, 0.25) is 0 Å². The number of urea groups is 1. The molecule has 0 radical (unpaired) electrons.